The molecule has 0 aliphatic rings. The SMILES string of the molecule is c1csc(O[Si](Oc2cccs2)(Oc2cccs2)Oc2cccs2)c1. The first-order valence-corrected chi connectivity index (χ1v) is 12.4. The molecule has 0 spiro atoms. The molecule has 9 heteroatoms. The maximum atomic E-state index is 6.17. The Morgan fingerprint density at radius 2 is 0.760 bits per heavy atom. The summed E-state index contributed by atoms with van der Waals surface area (Å²) in [4.78, 5) is 0. The van der Waals surface area contributed by atoms with Crippen LogP contribution in [-0.4, -0.2) is 9.05 Å². The second-order valence-electron chi connectivity index (χ2n) is 4.64. The highest BCUT2D eigenvalue weighted by Gasteiger charge is 2.59. The van der Waals surface area contributed by atoms with Gasteiger partial charge in [-0.25, -0.2) is 0 Å². The molecular weight excluding hydrogens is 413 g/mol. The Hall–Kier alpha value is -1.78. The van der Waals surface area contributed by atoms with E-state index in [-0.39, 0.29) is 0 Å². The Morgan fingerprint density at radius 3 is 0.960 bits per heavy atom. The van der Waals surface area contributed by atoms with E-state index in [0.29, 0.717) is 20.3 Å². The molecule has 0 aliphatic carbocycles. The van der Waals surface area contributed by atoms with E-state index in [9.17, 15) is 0 Å². The molecule has 4 rings (SSSR count). The molecule has 4 aromatic heterocycles. The van der Waals surface area contributed by atoms with Crippen LogP contribution in [0.3, 0.4) is 0 Å². The second-order valence-corrected chi connectivity index (χ2v) is 10.1. The number of hydrogen-bond acceptors (Lipinski definition) is 8. The minimum atomic E-state index is -3.57. The van der Waals surface area contributed by atoms with Crippen molar-refractivity contribution in [1.82, 2.24) is 0 Å². The van der Waals surface area contributed by atoms with Gasteiger partial charge in [0.15, 0.2) is 20.3 Å². The summed E-state index contributed by atoms with van der Waals surface area (Å²) < 4.78 is 24.7. The van der Waals surface area contributed by atoms with Gasteiger partial charge in [0.1, 0.15) is 0 Å². The van der Waals surface area contributed by atoms with Crippen molar-refractivity contribution in [2.75, 3.05) is 0 Å². The van der Waals surface area contributed by atoms with Crippen molar-refractivity contribution >= 4 is 54.4 Å². The summed E-state index contributed by atoms with van der Waals surface area (Å²) in [5.74, 6) is 0. The third-order valence-electron chi connectivity index (χ3n) is 2.88. The van der Waals surface area contributed by atoms with Crippen molar-refractivity contribution in [3.63, 3.8) is 0 Å². The van der Waals surface area contributed by atoms with Crippen molar-refractivity contribution in [2.24, 2.45) is 0 Å². The zero-order valence-electron chi connectivity index (χ0n) is 12.7. The summed E-state index contributed by atoms with van der Waals surface area (Å²) in [5, 5.41) is 10.5. The van der Waals surface area contributed by atoms with Crippen molar-refractivity contribution in [1.29, 1.82) is 0 Å². The monoisotopic (exact) mass is 424 g/mol. The third-order valence-corrected chi connectivity index (χ3v) is 8.33. The molecule has 0 saturated carbocycles. The minimum absolute atomic E-state index is 0.691. The number of thiophene rings is 4. The molecule has 0 bridgehead atoms. The lowest BCUT2D eigenvalue weighted by atomic mass is 10.7. The van der Waals surface area contributed by atoms with E-state index in [1.54, 1.807) is 0 Å². The van der Waals surface area contributed by atoms with Gasteiger partial charge in [-0.05, 0) is 70.1 Å². The molecule has 0 aliphatic heterocycles. The van der Waals surface area contributed by atoms with E-state index in [1.807, 2.05) is 70.1 Å². The highest BCUT2D eigenvalue weighted by Crippen LogP contribution is 2.33. The van der Waals surface area contributed by atoms with Gasteiger partial charge >= 0.3 is 9.05 Å². The largest absolute Gasteiger partial charge is 0.969 e. The average Bonchev–Trinajstić information content (AvgIpc) is 3.37. The van der Waals surface area contributed by atoms with Gasteiger partial charge in [-0.15, -0.1) is 45.3 Å². The Kier molecular flexibility index (Phi) is 5.09. The Balaban J connectivity index is 1.70. The highest BCUT2D eigenvalue weighted by atomic mass is 32.1. The van der Waals surface area contributed by atoms with Crippen LogP contribution >= 0.6 is 45.3 Å². The van der Waals surface area contributed by atoms with Gasteiger partial charge in [0, 0.05) is 0 Å². The van der Waals surface area contributed by atoms with E-state index < -0.39 is 9.05 Å². The minimum Gasteiger partial charge on any atom is -0.443 e. The van der Waals surface area contributed by atoms with E-state index in [1.165, 1.54) is 45.3 Å². The van der Waals surface area contributed by atoms with E-state index in [2.05, 4.69) is 0 Å². The van der Waals surface area contributed by atoms with E-state index >= 15 is 0 Å². The van der Waals surface area contributed by atoms with Crippen LogP contribution in [0.15, 0.2) is 70.1 Å². The van der Waals surface area contributed by atoms with Gasteiger partial charge in [0.05, 0.1) is 0 Å². The Morgan fingerprint density at radius 1 is 0.480 bits per heavy atom. The molecule has 128 valence electrons. The van der Waals surface area contributed by atoms with Crippen molar-refractivity contribution < 1.29 is 17.7 Å². The van der Waals surface area contributed by atoms with Gasteiger partial charge < -0.3 is 17.7 Å². The van der Waals surface area contributed by atoms with E-state index in [4.69, 9.17) is 17.7 Å². The molecule has 4 heterocycles. The van der Waals surface area contributed by atoms with Crippen LogP contribution in [0.4, 0.5) is 0 Å². The highest BCUT2D eigenvalue weighted by molar-refractivity contribution is 7.13. The normalized spacial score (nSPS) is 11.2. The van der Waals surface area contributed by atoms with Crippen molar-refractivity contribution in [2.45, 2.75) is 0 Å². The Labute approximate surface area is 161 Å². The zero-order valence-corrected chi connectivity index (χ0v) is 17.0. The van der Waals surface area contributed by atoms with Gasteiger partial charge in [-0.3, -0.25) is 0 Å². The third kappa shape index (κ3) is 4.25. The number of rotatable bonds is 8. The summed E-state index contributed by atoms with van der Waals surface area (Å²) in [6, 6.07) is 15.2. The van der Waals surface area contributed by atoms with Crippen LogP contribution in [0.5, 0.6) is 20.3 Å². The van der Waals surface area contributed by atoms with Crippen LogP contribution in [0.25, 0.3) is 0 Å². The molecule has 0 radical (unpaired) electrons. The van der Waals surface area contributed by atoms with Crippen LogP contribution in [0.2, 0.25) is 0 Å². The number of hydrogen-bond donors (Lipinski definition) is 0. The lowest BCUT2D eigenvalue weighted by molar-refractivity contribution is 0.170. The summed E-state index contributed by atoms with van der Waals surface area (Å²) in [6.45, 7) is 0. The van der Waals surface area contributed by atoms with Crippen molar-refractivity contribution in [3.05, 3.63) is 70.1 Å². The average molecular weight is 425 g/mol. The second kappa shape index (κ2) is 7.62. The Bertz CT molecular complexity index is 707. The molecule has 0 aromatic carbocycles. The van der Waals surface area contributed by atoms with Gasteiger partial charge in [-0.1, -0.05) is 0 Å². The van der Waals surface area contributed by atoms with Gasteiger partial charge in [0.2, 0.25) is 0 Å². The fraction of sp³-hybridized carbons (Fsp3) is 0. The topological polar surface area (TPSA) is 36.9 Å². The molecule has 0 N–H and O–H groups in total. The van der Waals surface area contributed by atoms with Crippen LogP contribution < -0.4 is 17.7 Å². The lowest BCUT2D eigenvalue weighted by Gasteiger charge is -2.25. The first-order chi connectivity index (χ1) is 12.3. The maximum absolute atomic E-state index is 6.17. The summed E-state index contributed by atoms with van der Waals surface area (Å²) in [6.07, 6.45) is 0. The molecule has 0 unspecified atom stereocenters. The maximum Gasteiger partial charge on any atom is 0.969 e. The summed E-state index contributed by atoms with van der Waals surface area (Å²) in [7, 11) is -3.57. The molecule has 0 amide bonds. The summed E-state index contributed by atoms with van der Waals surface area (Å²) >= 11 is 5.88. The molecular formula is C16H12O4S4Si. The summed E-state index contributed by atoms with van der Waals surface area (Å²) in [5.41, 5.74) is 0. The molecule has 0 fully saturated rings. The molecule has 0 saturated heterocycles. The van der Waals surface area contributed by atoms with Crippen LogP contribution in [0.1, 0.15) is 0 Å². The zero-order chi connectivity index (χ0) is 17.0. The quantitative estimate of drug-likeness (QED) is 0.326. The molecule has 4 aromatic rings. The van der Waals surface area contributed by atoms with Gasteiger partial charge in [0.25, 0.3) is 0 Å². The standard InChI is InChI=1S/C16H12O4S4Si/c1-5-13(21-9-1)17-25(18-14-6-2-10-22-14,19-15-7-3-11-23-15)20-16-8-4-12-24-16/h1-12H. The van der Waals surface area contributed by atoms with E-state index in [0.717, 1.165) is 0 Å². The fourth-order valence-electron chi connectivity index (χ4n) is 1.90. The predicted molar refractivity (Wildman–Crippen MR) is 106 cm³/mol. The van der Waals surface area contributed by atoms with Crippen LogP contribution in [0, 0.1) is 0 Å². The first-order valence-electron chi connectivity index (χ1n) is 7.21. The predicted octanol–water partition coefficient (Wildman–Crippen LogP) is 5.98. The molecule has 4 nitrogen and oxygen atoms in total. The molecule has 0 atom stereocenters. The van der Waals surface area contributed by atoms with Gasteiger partial charge in [-0.2, -0.15) is 0 Å². The smallest absolute Gasteiger partial charge is 0.443 e. The fourth-order valence-corrected chi connectivity index (χ4v) is 7.20. The first kappa shape index (κ1) is 16.7. The van der Waals surface area contributed by atoms with Crippen LogP contribution in [-0.2, 0) is 0 Å². The van der Waals surface area contributed by atoms with Crippen molar-refractivity contribution in [3.8, 4) is 20.3 Å². The lowest BCUT2D eigenvalue weighted by Crippen LogP contribution is -2.60. The molecule has 25 heavy (non-hydrogen) atoms.